The standard InChI is InChI=1S/C18H26N2.2C2H6/c1-17-15-19-16-20(17)14-10-5-3-2-4-7-11-18-12-8-6-9-13-18;2*1-2/h6,8-9,12-13,15-16H,2-5,7,10-11,14H2,1H3;2*1-2H3. The van der Waals surface area contributed by atoms with E-state index in [2.05, 4.69) is 46.8 Å². The Morgan fingerprint density at radius 2 is 1.38 bits per heavy atom. The summed E-state index contributed by atoms with van der Waals surface area (Å²) in [4.78, 5) is 4.15. The van der Waals surface area contributed by atoms with Crippen LogP contribution in [-0.2, 0) is 13.0 Å². The second-order valence-corrected chi connectivity index (χ2v) is 5.59. The lowest BCUT2D eigenvalue weighted by Crippen LogP contribution is -1.98. The highest BCUT2D eigenvalue weighted by atomic mass is 15.0. The van der Waals surface area contributed by atoms with Gasteiger partial charge < -0.3 is 4.57 Å². The molecule has 0 aliphatic heterocycles. The molecule has 0 aliphatic carbocycles. The zero-order valence-electron chi connectivity index (χ0n) is 16.6. The van der Waals surface area contributed by atoms with Crippen LogP contribution in [-0.4, -0.2) is 9.55 Å². The van der Waals surface area contributed by atoms with Crippen molar-refractivity contribution in [1.29, 1.82) is 0 Å². The van der Waals surface area contributed by atoms with Crippen LogP contribution < -0.4 is 0 Å². The van der Waals surface area contributed by atoms with E-state index in [1.807, 2.05) is 40.2 Å². The number of unbranched alkanes of at least 4 members (excludes halogenated alkanes) is 5. The monoisotopic (exact) mass is 330 g/mol. The molecule has 0 radical (unpaired) electrons. The molecule has 0 saturated carbocycles. The molecular weight excluding hydrogens is 292 g/mol. The van der Waals surface area contributed by atoms with Crippen molar-refractivity contribution in [2.24, 2.45) is 0 Å². The summed E-state index contributed by atoms with van der Waals surface area (Å²) in [7, 11) is 0. The van der Waals surface area contributed by atoms with Gasteiger partial charge in [0, 0.05) is 18.4 Å². The van der Waals surface area contributed by atoms with Gasteiger partial charge in [-0.25, -0.2) is 4.98 Å². The van der Waals surface area contributed by atoms with Crippen LogP contribution in [0.25, 0.3) is 0 Å². The number of aromatic nitrogens is 2. The van der Waals surface area contributed by atoms with E-state index < -0.39 is 0 Å². The van der Waals surface area contributed by atoms with Gasteiger partial charge in [-0.05, 0) is 31.7 Å². The van der Waals surface area contributed by atoms with Gasteiger partial charge in [0.2, 0.25) is 0 Å². The van der Waals surface area contributed by atoms with Crippen LogP contribution in [0.15, 0.2) is 42.9 Å². The number of benzene rings is 1. The first kappa shape index (κ1) is 22.4. The first-order chi connectivity index (χ1) is 11.9. The Balaban J connectivity index is 0.00000123. The van der Waals surface area contributed by atoms with Crippen molar-refractivity contribution >= 4 is 0 Å². The highest BCUT2D eigenvalue weighted by Gasteiger charge is 1.97. The molecule has 0 bridgehead atoms. The Morgan fingerprint density at radius 1 is 0.792 bits per heavy atom. The van der Waals surface area contributed by atoms with Crippen LogP contribution in [0.1, 0.15) is 77.5 Å². The summed E-state index contributed by atoms with van der Waals surface area (Å²) in [5, 5.41) is 0. The molecule has 1 aromatic heterocycles. The second-order valence-electron chi connectivity index (χ2n) is 5.59. The largest absolute Gasteiger partial charge is 0.335 e. The summed E-state index contributed by atoms with van der Waals surface area (Å²) in [6, 6.07) is 10.8. The summed E-state index contributed by atoms with van der Waals surface area (Å²) in [5.41, 5.74) is 2.75. The lowest BCUT2D eigenvalue weighted by atomic mass is 10.1. The van der Waals surface area contributed by atoms with Gasteiger partial charge in [-0.2, -0.15) is 0 Å². The Kier molecular flexibility index (Phi) is 15.2. The predicted octanol–water partition coefficient (Wildman–Crippen LogP) is 6.83. The molecule has 24 heavy (non-hydrogen) atoms. The van der Waals surface area contributed by atoms with Gasteiger partial charge in [-0.3, -0.25) is 0 Å². The van der Waals surface area contributed by atoms with Crippen molar-refractivity contribution in [1.82, 2.24) is 9.55 Å². The molecule has 0 atom stereocenters. The summed E-state index contributed by atoms with van der Waals surface area (Å²) >= 11 is 0. The van der Waals surface area contributed by atoms with Crippen molar-refractivity contribution in [2.45, 2.75) is 86.1 Å². The van der Waals surface area contributed by atoms with Crippen LogP contribution in [0.2, 0.25) is 0 Å². The van der Waals surface area contributed by atoms with E-state index in [4.69, 9.17) is 0 Å². The first-order valence-electron chi connectivity index (χ1n) is 9.87. The van der Waals surface area contributed by atoms with Crippen molar-refractivity contribution < 1.29 is 0 Å². The molecule has 0 aliphatic rings. The molecule has 2 nitrogen and oxygen atoms in total. The number of nitrogens with zero attached hydrogens (tertiary/aromatic N) is 2. The third-order valence-electron chi connectivity index (χ3n) is 3.88. The van der Waals surface area contributed by atoms with Crippen molar-refractivity contribution in [2.75, 3.05) is 0 Å². The molecule has 0 unspecified atom stereocenters. The van der Waals surface area contributed by atoms with Gasteiger partial charge in [0.25, 0.3) is 0 Å². The SMILES string of the molecule is CC.CC.Cc1cncn1CCCCCCCCc1ccccc1. The molecule has 2 aromatic rings. The van der Waals surface area contributed by atoms with E-state index in [1.165, 1.54) is 56.2 Å². The lowest BCUT2D eigenvalue weighted by molar-refractivity contribution is 0.547. The third-order valence-corrected chi connectivity index (χ3v) is 3.88. The predicted molar refractivity (Wildman–Crippen MR) is 108 cm³/mol. The molecule has 1 aromatic carbocycles. The van der Waals surface area contributed by atoms with Gasteiger partial charge in [0.1, 0.15) is 0 Å². The summed E-state index contributed by atoms with van der Waals surface area (Å²) < 4.78 is 2.25. The molecule has 0 spiro atoms. The molecule has 0 fully saturated rings. The second kappa shape index (κ2) is 16.3. The number of rotatable bonds is 9. The fourth-order valence-corrected chi connectivity index (χ4v) is 2.58. The lowest BCUT2D eigenvalue weighted by Gasteiger charge is -2.05. The molecule has 0 amide bonds. The maximum atomic E-state index is 4.15. The number of imidazole rings is 1. The van der Waals surface area contributed by atoms with Crippen LogP contribution in [0.4, 0.5) is 0 Å². The molecule has 0 saturated heterocycles. The average Bonchev–Trinajstić information content (AvgIpc) is 3.06. The Labute approximate surface area is 150 Å². The molecule has 2 rings (SSSR count). The van der Waals surface area contributed by atoms with Gasteiger partial charge >= 0.3 is 0 Å². The molecule has 2 heteroatoms. The molecule has 136 valence electrons. The van der Waals surface area contributed by atoms with E-state index in [-0.39, 0.29) is 0 Å². The van der Waals surface area contributed by atoms with E-state index in [0.717, 1.165) is 6.54 Å². The smallest absolute Gasteiger partial charge is 0.0948 e. The molecule has 0 N–H and O–H groups in total. The van der Waals surface area contributed by atoms with Crippen molar-refractivity contribution in [3.05, 3.63) is 54.1 Å². The van der Waals surface area contributed by atoms with Crippen LogP contribution >= 0.6 is 0 Å². The summed E-state index contributed by atoms with van der Waals surface area (Å²) in [6.45, 7) is 11.2. The van der Waals surface area contributed by atoms with Crippen molar-refractivity contribution in [3.8, 4) is 0 Å². The van der Waals surface area contributed by atoms with Crippen LogP contribution in [0.5, 0.6) is 0 Å². The van der Waals surface area contributed by atoms with Crippen molar-refractivity contribution in [3.63, 3.8) is 0 Å². The fraction of sp³-hybridized carbons (Fsp3) is 0.591. The van der Waals surface area contributed by atoms with Gasteiger partial charge in [0.05, 0.1) is 6.33 Å². The summed E-state index contributed by atoms with van der Waals surface area (Å²) in [6.07, 6.45) is 13.1. The van der Waals surface area contributed by atoms with Gasteiger partial charge in [0.15, 0.2) is 0 Å². The molecule has 1 heterocycles. The van der Waals surface area contributed by atoms with Gasteiger partial charge in [-0.15, -0.1) is 0 Å². The minimum atomic E-state index is 1.12. The third kappa shape index (κ3) is 10.3. The van der Waals surface area contributed by atoms with E-state index in [1.54, 1.807) is 0 Å². The van der Waals surface area contributed by atoms with Crippen LogP contribution in [0, 0.1) is 6.92 Å². The normalized spacial score (nSPS) is 9.54. The zero-order valence-corrected chi connectivity index (χ0v) is 16.6. The number of hydrogen-bond acceptors (Lipinski definition) is 1. The van der Waals surface area contributed by atoms with E-state index in [0.29, 0.717) is 0 Å². The molecular formula is C22H38N2. The first-order valence-corrected chi connectivity index (χ1v) is 9.87. The Bertz CT molecular complexity index is 474. The summed E-state index contributed by atoms with van der Waals surface area (Å²) in [5.74, 6) is 0. The topological polar surface area (TPSA) is 17.8 Å². The zero-order chi connectivity index (χ0) is 18.0. The number of hydrogen-bond donors (Lipinski definition) is 0. The quantitative estimate of drug-likeness (QED) is 0.461. The maximum absolute atomic E-state index is 4.15. The highest BCUT2D eigenvalue weighted by Crippen LogP contribution is 2.10. The average molecular weight is 331 g/mol. The van der Waals surface area contributed by atoms with Gasteiger partial charge in [-0.1, -0.05) is 83.7 Å². The maximum Gasteiger partial charge on any atom is 0.0948 e. The fourth-order valence-electron chi connectivity index (χ4n) is 2.58. The highest BCUT2D eigenvalue weighted by molar-refractivity contribution is 5.14. The van der Waals surface area contributed by atoms with Crippen LogP contribution in [0.3, 0.4) is 0 Å². The Morgan fingerprint density at radius 3 is 1.96 bits per heavy atom. The Hall–Kier alpha value is -1.57. The number of aryl methyl sites for hydroxylation is 3. The minimum Gasteiger partial charge on any atom is -0.335 e. The van der Waals surface area contributed by atoms with E-state index in [9.17, 15) is 0 Å². The van der Waals surface area contributed by atoms with E-state index >= 15 is 0 Å². The minimum absolute atomic E-state index is 1.12.